The number of rotatable bonds is 1. The Kier molecular flexibility index (Phi) is 3.12. The van der Waals surface area contributed by atoms with E-state index in [9.17, 15) is 4.79 Å². The lowest BCUT2D eigenvalue weighted by molar-refractivity contribution is 0.00578. The summed E-state index contributed by atoms with van der Waals surface area (Å²) in [5.41, 5.74) is -0.121. The average Bonchev–Trinajstić information content (AvgIpc) is 2.42. The molecule has 0 spiro atoms. The second-order valence-corrected chi connectivity index (χ2v) is 6.02. The normalized spacial score (nSPS) is 21.3. The van der Waals surface area contributed by atoms with E-state index in [4.69, 9.17) is 20.9 Å². The van der Waals surface area contributed by atoms with Crippen LogP contribution in [0.15, 0.2) is 10.9 Å². The molecular weight excluding hydrogens is 252 g/mol. The van der Waals surface area contributed by atoms with Gasteiger partial charge in [-0.1, -0.05) is 11.6 Å². The van der Waals surface area contributed by atoms with Crippen LogP contribution >= 0.6 is 11.6 Å². The molecule has 1 aromatic rings. The van der Waals surface area contributed by atoms with Crippen molar-refractivity contribution in [2.45, 2.75) is 45.8 Å². The third-order valence-electron chi connectivity index (χ3n) is 3.71. The van der Waals surface area contributed by atoms with Gasteiger partial charge in [0.05, 0.1) is 16.2 Å². The summed E-state index contributed by atoms with van der Waals surface area (Å²) < 4.78 is 11.6. The molecule has 1 fully saturated rings. The Bertz CT molecular complexity index is 523. The molecule has 0 saturated carbocycles. The number of hydrogen-bond donors (Lipinski definition) is 1. The smallest absolute Gasteiger partial charge is 0.399 e. The second-order valence-electron chi connectivity index (χ2n) is 5.61. The maximum Gasteiger partial charge on any atom is 0.500 e. The van der Waals surface area contributed by atoms with E-state index in [1.807, 2.05) is 27.7 Å². The first-order valence-corrected chi connectivity index (χ1v) is 6.27. The summed E-state index contributed by atoms with van der Waals surface area (Å²) in [5, 5.41) is 0.499. The van der Waals surface area contributed by atoms with Gasteiger partial charge >= 0.3 is 7.12 Å². The monoisotopic (exact) mass is 269 g/mol. The van der Waals surface area contributed by atoms with E-state index in [0.29, 0.717) is 16.2 Å². The van der Waals surface area contributed by atoms with Gasteiger partial charge in [0, 0.05) is 11.2 Å². The Morgan fingerprint density at radius 1 is 1.22 bits per heavy atom. The van der Waals surface area contributed by atoms with Gasteiger partial charge < -0.3 is 14.3 Å². The third kappa shape index (κ3) is 2.11. The van der Waals surface area contributed by atoms with Crippen molar-refractivity contribution < 1.29 is 9.31 Å². The van der Waals surface area contributed by atoms with Crippen molar-refractivity contribution >= 4 is 24.2 Å². The van der Waals surface area contributed by atoms with Gasteiger partial charge in [-0.05, 0) is 40.7 Å². The van der Waals surface area contributed by atoms with E-state index < -0.39 is 18.3 Å². The maximum atomic E-state index is 11.9. The first kappa shape index (κ1) is 13.7. The minimum Gasteiger partial charge on any atom is -0.399 e. The number of H-pyrrole nitrogens is 1. The van der Waals surface area contributed by atoms with Gasteiger partial charge in [0.25, 0.3) is 0 Å². The third-order valence-corrected chi connectivity index (χ3v) is 4.10. The molecule has 1 aromatic heterocycles. The standard InChI is InChI=1S/C12H17BClNO3/c1-7-9(14)6-8(10(16)15-7)13-17-11(2,3)12(4,5)18-13/h6H,1-5H3,(H,15,16). The average molecular weight is 270 g/mol. The maximum absolute atomic E-state index is 11.9. The largest absolute Gasteiger partial charge is 0.500 e. The fraction of sp³-hybridized carbons (Fsp3) is 0.583. The molecule has 2 heterocycles. The number of aryl methyl sites for hydroxylation is 1. The zero-order valence-corrected chi connectivity index (χ0v) is 12.0. The second kappa shape index (κ2) is 4.12. The topological polar surface area (TPSA) is 51.3 Å². The molecule has 1 aliphatic rings. The minimum absolute atomic E-state index is 0.226. The van der Waals surface area contributed by atoms with E-state index in [-0.39, 0.29) is 5.56 Å². The number of hydrogen-bond acceptors (Lipinski definition) is 3. The van der Waals surface area contributed by atoms with Gasteiger partial charge in [0.15, 0.2) is 0 Å². The van der Waals surface area contributed by atoms with Crippen molar-refractivity contribution in [1.82, 2.24) is 4.98 Å². The lowest BCUT2D eigenvalue weighted by atomic mass is 9.80. The molecule has 98 valence electrons. The van der Waals surface area contributed by atoms with Crippen LogP contribution in [-0.4, -0.2) is 23.3 Å². The van der Waals surface area contributed by atoms with Crippen LogP contribution in [0.1, 0.15) is 33.4 Å². The molecule has 18 heavy (non-hydrogen) atoms. The van der Waals surface area contributed by atoms with Crippen LogP contribution in [0.3, 0.4) is 0 Å². The number of pyridine rings is 1. The number of halogens is 1. The van der Waals surface area contributed by atoms with Gasteiger partial charge in [0.2, 0.25) is 5.56 Å². The zero-order chi connectivity index (χ0) is 13.7. The lowest BCUT2D eigenvalue weighted by Gasteiger charge is -2.32. The van der Waals surface area contributed by atoms with Crippen molar-refractivity contribution in [2.75, 3.05) is 0 Å². The molecule has 0 aromatic carbocycles. The van der Waals surface area contributed by atoms with E-state index in [1.165, 1.54) is 0 Å². The first-order chi connectivity index (χ1) is 8.14. The van der Waals surface area contributed by atoms with E-state index >= 15 is 0 Å². The number of aromatic nitrogens is 1. The van der Waals surface area contributed by atoms with Crippen LogP contribution in [-0.2, 0) is 9.31 Å². The van der Waals surface area contributed by atoms with Crippen LogP contribution in [0.5, 0.6) is 0 Å². The Morgan fingerprint density at radius 3 is 2.22 bits per heavy atom. The molecule has 2 rings (SSSR count). The molecule has 0 radical (unpaired) electrons. The predicted molar refractivity (Wildman–Crippen MR) is 72.5 cm³/mol. The van der Waals surface area contributed by atoms with Crippen LogP contribution in [0.4, 0.5) is 0 Å². The molecule has 0 atom stereocenters. The first-order valence-electron chi connectivity index (χ1n) is 5.89. The highest BCUT2D eigenvalue weighted by Crippen LogP contribution is 2.36. The summed E-state index contributed by atoms with van der Waals surface area (Å²) in [4.78, 5) is 14.6. The van der Waals surface area contributed by atoms with Gasteiger partial charge in [0.1, 0.15) is 0 Å². The zero-order valence-electron chi connectivity index (χ0n) is 11.3. The molecule has 0 aliphatic carbocycles. The fourth-order valence-corrected chi connectivity index (χ4v) is 1.92. The summed E-state index contributed by atoms with van der Waals surface area (Å²) in [6.07, 6.45) is 0. The molecule has 0 bridgehead atoms. The lowest BCUT2D eigenvalue weighted by Crippen LogP contribution is -2.45. The molecule has 1 N–H and O–H groups in total. The highest BCUT2D eigenvalue weighted by Gasteiger charge is 2.52. The SMILES string of the molecule is Cc1[nH]c(=O)c(B2OC(C)(C)C(C)(C)O2)cc1Cl. The van der Waals surface area contributed by atoms with Gasteiger partial charge in [-0.15, -0.1) is 0 Å². The summed E-state index contributed by atoms with van der Waals surface area (Å²) in [6, 6.07) is 1.61. The van der Waals surface area contributed by atoms with Crippen molar-refractivity contribution in [3.63, 3.8) is 0 Å². The van der Waals surface area contributed by atoms with Crippen molar-refractivity contribution in [1.29, 1.82) is 0 Å². The van der Waals surface area contributed by atoms with Crippen molar-refractivity contribution in [3.05, 3.63) is 27.1 Å². The minimum atomic E-state index is -0.683. The van der Waals surface area contributed by atoms with E-state index in [1.54, 1.807) is 13.0 Å². The molecule has 4 nitrogen and oxygen atoms in total. The van der Waals surface area contributed by atoms with Crippen LogP contribution in [0, 0.1) is 6.92 Å². The van der Waals surface area contributed by atoms with Crippen LogP contribution in [0.2, 0.25) is 5.02 Å². The van der Waals surface area contributed by atoms with Crippen molar-refractivity contribution in [3.8, 4) is 0 Å². The Morgan fingerprint density at radius 2 is 1.72 bits per heavy atom. The quantitative estimate of drug-likeness (QED) is 0.789. The summed E-state index contributed by atoms with van der Waals surface area (Å²) in [5.74, 6) is 0. The number of nitrogens with one attached hydrogen (secondary N) is 1. The van der Waals surface area contributed by atoms with Crippen molar-refractivity contribution in [2.24, 2.45) is 0 Å². The summed E-state index contributed by atoms with van der Waals surface area (Å²) in [7, 11) is -0.683. The Labute approximate surface area is 112 Å². The molecule has 1 aliphatic heterocycles. The highest BCUT2D eigenvalue weighted by atomic mass is 35.5. The molecule has 0 amide bonds. The molecule has 6 heteroatoms. The predicted octanol–water partition coefficient (Wildman–Crippen LogP) is 1.64. The fourth-order valence-electron chi connectivity index (χ4n) is 1.76. The molecule has 0 unspecified atom stereocenters. The molecule has 1 saturated heterocycles. The van der Waals surface area contributed by atoms with Crippen LogP contribution < -0.4 is 11.0 Å². The van der Waals surface area contributed by atoms with Crippen LogP contribution in [0.25, 0.3) is 0 Å². The summed E-state index contributed by atoms with van der Waals surface area (Å²) >= 11 is 6.03. The highest BCUT2D eigenvalue weighted by molar-refractivity contribution is 6.62. The number of aromatic amines is 1. The Balaban J connectivity index is 2.42. The molecular formula is C12H17BClNO3. The van der Waals surface area contributed by atoms with Gasteiger partial charge in [-0.3, -0.25) is 4.79 Å². The summed E-state index contributed by atoms with van der Waals surface area (Å²) in [6.45, 7) is 9.51. The Hall–Kier alpha value is -0.775. The van der Waals surface area contributed by atoms with E-state index in [0.717, 1.165) is 0 Å². The van der Waals surface area contributed by atoms with E-state index in [2.05, 4.69) is 4.98 Å². The van der Waals surface area contributed by atoms with Gasteiger partial charge in [-0.2, -0.15) is 0 Å². The van der Waals surface area contributed by atoms with Gasteiger partial charge in [-0.25, -0.2) is 0 Å².